The maximum Gasteiger partial charge on any atom is 0.0223 e. The maximum atomic E-state index is 5.67. The molecule has 0 aliphatic carbocycles. The van der Waals surface area contributed by atoms with Crippen LogP contribution in [0.1, 0.15) is 39.0 Å². The van der Waals surface area contributed by atoms with Crippen molar-refractivity contribution in [1.29, 1.82) is 0 Å². The van der Waals surface area contributed by atoms with Crippen LogP contribution in [0.25, 0.3) is 0 Å². The highest BCUT2D eigenvalue weighted by molar-refractivity contribution is 6.17. The highest BCUT2D eigenvalue weighted by atomic mass is 35.5. The fraction of sp³-hybridized carbons (Fsp3) is 1.00. The third-order valence-corrected chi connectivity index (χ3v) is 3.96. The van der Waals surface area contributed by atoms with Gasteiger partial charge in [-0.2, -0.15) is 0 Å². The summed E-state index contributed by atoms with van der Waals surface area (Å²) in [6.45, 7) is 7.34. The van der Waals surface area contributed by atoms with Crippen LogP contribution in [0.5, 0.6) is 0 Å². The van der Waals surface area contributed by atoms with Crippen molar-refractivity contribution in [2.24, 2.45) is 0 Å². The van der Waals surface area contributed by atoms with Crippen molar-refractivity contribution < 1.29 is 0 Å². The molecule has 1 aliphatic heterocycles. The second kappa shape index (κ2) is 8.32. The number of rotatable bonds is 7. The number of nitrogens with zero attached hydrogens (tertiary/aromatic N) is 2. The Labute approximate surface area is 106 Å². The number of unbranched alkanes of at least 4 members (excludes halogenated alkanes) is 3. The van der Waals surface area contributed by atoms with Crippen LogP contribution in [-0.4, -0.2) is 54.9 Å². The standard InChI is InChI=1S/C13H27ClN2/c1-3-13-12-16(11-10-15(13)2)9-7-5-4-6-8-14/h13H,3-12H2,1-2H3. The molecule has 0 amide bonds. The molecule has 16 heavy (non-hydrogen) atoms. The van der Waals surface area contributed by atoms with Gasteiger partial charge < -0.3 is 9.80 Å². The number of alkyl halides is 1. The fourth-order valence-corrected chi connectivity index (χ4v) is 2.63. The Morgan fingerprint density at radius 2 is 1.88 bits per heavy atom. The van der Waals surface area contributed by atoms with Crippen LogP contribution in [0.3, 0.4) is 0 Å². The van der Waals surface area contributed by atoms with Gasteiger partial charge in [0.1, 0.15) is 0 Å². The molecule has 96 valence electrons. The molecule has 1 aliphatic rings. The molecule has 1 heterocycles. The van der Waals surface area contributed by atoms with Gasteiger partial charge in [-0.3, -0.25) is 0 Å². The van der Waals surface area contributed by atoms with Gasteiger partial charge in [-0.25, -0.2) is 0 Å². The van der Waals surface area contributed by atoms with Crippen LogP contribution < -0.4 is 0 Å². The topological polar surface area (TPSA) is 6.48 Å². The van der Waals surface area contributed by atoms with Crippen LogP contribution >= 0.6 is 11.6 Å². The molecule has 1 saturated heterocycles. The van der Waals surface area contributed by atoms with Gasteiger partial charge in [0.15, 0.2) is 0 Å². The third-order valence-electron chi connectivity index (χ3n) is 3.69. The van der Waals surface area contributed by atoms with Gasteiger partial charge in [0.25, 0.3) is 0 Å². The molecule has 0 radical (unpaired) electrons. The molecule has 1 fully saturated rings. The van der Waals surface area contributed by atoms with Crippen molar-refractivity contribution in [1.82, 2.24) is 9.80 Å². The first-order valence-electron chi connectivity index (χ1n) is 6.76. The molecule has 0 N–H and O–H groups in total. The Bertz CT molecular complexity index is 175. The van der Waals surface area contributed by atoms with Gasteiger partial charge in [-0.15, -0.1) is 11.6 Å². The van der Waals surface area contributed by atoms with E-state index in [1.807, 2.05) is 0 Å². The van der Waals surface area contributed by atoms with Crippen molar-refractivity contribution in [3.8, 4) is 0 Å². The zero-order valence-corrected chi connectivity index (χ0v) is 11.7. The Morgan fingerprint density at radius 1 is 1.12 bits per heavy atom. The summed E-state index contributed by atoms with van der Waals surface area (Å²) in [7, 11) is 2.26. The van der Waals surface area contributed by atoms with Crippen LogP contribution in [-0.2, 0) is 0 Å². The van der Waals surface area contributed by atoms with Crippen molar-refractivity contribution in [3.05, 3.63) is 0 Å². The molecular formula is C13H27ClN2. The summed E-state index contributed by atoms with van der Waals surface area (Å²) in [5.41, 5.74) is 0. The third kappa shape index (κ3) is 5.03. The lowest BCUT2D eigenvalue weighted by atomic mass is 10.1. The first kappa shape index (κ1) is 14.3. The van der Waals surface area contributed by atoms with E-state index in [1.165, 1.54) is 58.3 Å². The van der Waals surface area contributed by atoms with E-state index in [0.29, 0.717) is 0 Å². The molecule has 1 unspecified atom stereocenters. The average Bonchev–Trinajstić information content (AvgIpc) is 2.31. The van der Waals surface area contributed by atoms with E-state index in [1.54, 1.807) is 0 Å². The lowest BCUT2D eigenvalue weighted by Crippen LogP contribution is -2.51. The molecular weight excluding hydrogens is 220 g/mol. The van der Waals surface area contributed by atoms with E-state index in [2.05, 4.69) is 23.8 Å². The van der Waals surface area contributed by atoms with Gasteiger partial charge >= 0.3 is 0 Å². The first-order valence-corrected chi connectivity index (χ1v) is 7.30. The predicted molar refractivity (Wildman–Crippen MR) is 72.3 cm³/mol. The number of halogens is 1. The monoisotopic (exact) mass is 246 g/mol. The summed E-state index contributed by atoms with van der Waals surface area (Å²) in [6.07, 6.45) is 6.45. The molecule has 0 aromatic heterocycles. The van der Waals surface area contributed by atoms with Crippen LogP contribution in [0.4, 0.5) is 0 Å². The lowest BCUT2D eigenvalue weighted by Gasteiger charge is -2.39. The van der Waals surface area contributed by atoms with E-state index in [9.17, 15) is 0 Å². The van der Waals surface area contributed by atoms with E-state index in [4.69, 9.17) is 11.6 Å². The molecule has 0 saturated carbocycles. The van der Waals surface area contributed by atoms with Crippen molar-refractivity contribution in [3.63, 3.8) is 0 Å². The van der Waals surface area contributed by atoms with Gasteiger partial charge in [-0.1, -0.05) is 19.8 Å². The molecule has 3 heteroatoms. The second-order valence-corrected chi connectivity index (χ2v) is 5.32. The van der Waals surface area contributed by atoms with Crippen LogP contribution in [0.2, 0.25) is 0 Å². The summed E-state index contributed by atoms with van der Waals surface area (Å²) in [5.74, 6) is 0.826. The Hall–Kier alpha value is 0.210. The summed E-state index contributed by atoms with van der Waals surface area (Å²) in [4.78, 5) is 5.14. The summed E-state index contributed by atoms with van der Waals surface area (Å²) < 4.78 is 0. The smallest absolute Gasteiger partial charge is 0.0223 e. The van der Waals surface area contributed by atoms with Crippen molar-refractivity contribution in [2.75, 3.05) is 39.1 Å². The molecule has 0 aromatic rings. The molecule has 1 atom stereocenters. The molecule has 2 nitrogen and oxygen atoms in total. The quantitative estimate of drug-likeness (QED) is 0.504. The summed E-state index contributed by atoms with van der Waals surface area (Å²) in [5, 5.41) is 0. The molecule has 0 bridgehead atoms. The minimum Gasteiger partial charge on any atom is -0.301 e. The largest absolute Gasteiger partial charge is 0.301 e. The highest BCUT2D eigenvalue weighted by Crippen LogP contribution is 2.12. The number of likely N-dealkylation sites (N-methyl/N-ethyl adjacent to an activating group) is 1. The summed E-state index contributed by atoms with van der Waals surface area (Å²) >= 11 is 5.67. The van der Waals surface area contributed by atoms with Crippen LogP contribution in [0, 0.1) is 0 Å². The predicted octanol–water partition coefficient (Wildman–Crippen LogP) is 2.81. The molecule has 0 aromatic carbocycles. The van der Waals surface area contributed by atoms with Crippen LogP contribution in [0.15, 0.2) is 0 Å². The zero-order valence-electron chi connectivity index (χ0n) is 10.9. The minimum atomic E-state index is 0.775. The normalized spacial score (nSPS) is 23.8. The highest BCUT2D eigenvalue weighted by Gasteiger charge is 2.21. The van der Waals surface area contributed by atoms with E-state index in [0.717, 1.165) is 11.9 Å². The van der Waals surface area contributed by atoms with Crippen molar-refractivity contribution in [2.45, 2.75) is 45.1 Å². The molecule has 0 spiro atoms. The van der Waals surface area contributed by atoms with E-state index >= 15 is 0 Å². The van der Waals surface area contributed by atoms with Gasteiger partial charge in [0.05, 0.1) is 0 Å². The fourth-order valence-electron chi connectivity index (χ4n) is 2.44. The van der Waals surface area contributed by atoms with E-state index < -0.39 is 0 Å². The Kier molecular flexibility index (Phi) is 7.42. The first-order chi connectivity index (χ1) is 7.77. The van der Waals surface area contributed by atoms with Gasteiger partial charge in [0.2, 0.25) is 0 Å². The zero-order chi connectivity index (χ0) is 11.8. The number of hydrogen-bond acceptors (Lipinski definition) is 2. The number of hydrogen-bond donors (Lipinski definition) is 0. The average molecular weight is 247 g/mol. The van der Waals surface area contributed by atoms with Crippen molar-refractivity contribution >= 4 is 11.6 Å². The van der Waals surface area contributed by atoms with Gasteiger partial charge in [0, 0.05) is 31.6 Å². The Morgan fingerprint density at radius 3 is 2.56 bits per heavy atom. The Balaban J connectivity index is 2.08. The maximum absolute atomic E-state index is 5.67. The summed E-state index contributed by atoms with van der Waals surface area (Å²) in [6, 6.07) is 0.775. The second-order valence-electron chi connectivity index (χ2n) is 4.95. The minimum absolute atomic E-state index is 0.775. The van der Waals surface area contributed by atoms with Gasteiger partial charge in [-0.05, 0) is 32.9 Å². The lowest BCUT2D eigenvalue weighted by molar-refractivity contribution is 0.0920. The SMILES string of the molecule is CCC1CN(CCCCCCCl)CCN1C. The van der Waals surface area contributed by atoms with E-state index in [-0.39, 0.29) is 0 Å². The number of piperazine rings is 1. The molecule has 1 rings (SSSR count).